The summed E-state index contributed by atoms with van der Waals surface area (Å²) in [6.45, 7) is 7.81. The highest BCUT2D eigenvalue weighted by Gasteiger charge is 2.21. The van der Waals surface area contributed by atoms with Gasteiger partial charge in [0.2, 0.25) is 0 Å². The molecule has 0 aromatic heterocycles. The minimum Gasteiger partial charge on any atom is -0.359 e. The summed E-state index contributed by atoms with van der Waals surface area (Å²) >= 11 is 0. The van der Waals surface area contributed by atoms with Crippen LogP contribution in [0.1, 0.15) is 27.2 Å². The molecule has 0 N–H and O–H groups in total. The molecule has 1 rings (SSSR count). The Balaban J connectivity index is 2.59. The zero-order valence-electron chi connectivity index (χ0n) is 7.96. The Labute approximate surface area is 69.5 Å². The van der Waals surface area contributed by atoms with Crippen LogP contribution in [0.5, 0.6) is 0 Å². The fraction of sp³-hybridized carbons (Fsp3) is 0.778. The molecule has 2 nitrogen and oxygen atoms in total. The Morgan fingerprint density at radius 1 is 1.55 bits per heavy atom. The highest BCUT2D eigenvalue weighted by atomic mass is 15.4. The van der Waals surface area contributed by atoms with E-state index in [1.807, 2.05) is 0 Å². The molecule has 0 spiro atoms. The molecule has 2 heteroatoms. The van der Waals surface area contributed by atoms with Crippen LogP contribution in [0.25, 0.3) is 0 Å². The summed E-state index contributed by atoms with van der Waals surface area (Å²) in [5.74, 6) is 0. The predicted octanol–water partition coefficient (Wildman–Crippen LogP) is 1.85. The molecule has 0 amide bonds. The van der Waals surface area contributed by atoms with E-state index in [1.165, 1.54) is 18.7 Å². The summed E-state index contributed by atoms with van der Waals surface area (Å²) in [5, 5.41) is 0. The summed E-state index contributed by atoms with van der Waals surface area (Å²) in [5.41, 5.74) is 1.39. The largest absolute Gasteiger partial charge is 0.359 e. The quantitative estimate of drug-likeness (QED) is 0.599. The zero-order chi connectivity index (χ0) is 8.43. The first-order chi connectivity index (χ1) is 5.16. The van der Waals surface area contributed by atoms with E-state index in [2.05, 4.69) is 43.8 Å². The molecule has 0 bridgehead atoms. The lowest BCUT2D eigenvalue weighted by Gasteiger charge is -2.28. The monoisotopic (exact) mass is 154 g/mol. The molecule has 1 atom stereocenters. The molecule has 0 radical (unpaired) electrons. The Bertz CT molecular complexity index is 163. The van der Waals surface area contributed by atoms with Crippen LogP contribution in [0.3, 0.4) is 0 Å². The second-order valence-corrected chi connectivity index (χ2v) is 3.26. The first-order valence-corrected chi connectivity index (χ1v) is 4.33. The SMILES string of the molecule is CCCN1C(C)=CN(C)C1C. The van der Waals surface area contributed by atoms with Gasteiger partial charge in [0.25, 0.3) is 0 Å². The van der Waals surface area contributed by atoms with Crippen molar-refractivity contribution in [2.24, 2.45) is 0 Å². The molecule has 0 aromatic carbocycles. The van der Waals surface area contributed by atoms with Crippen LogP contribution in [0.2, 0.25) is 0 Å². The normalized spacial score (nSPS) is 24.4. The highest BCUT2D eigenvalue weighted by molar-refractivity contribution is 5.05. The third-order valence-corrected chi connectivity index (χ3v) is 2.35. The van der Waals surface area contributed by atoms with Crippen molar-refractivity contribution < 1.29 is 0 Å². The van der Waals surface area contributed by atoms with Crippen LogP contribution in [0, 0.1) is 0 Å². The van der Waals surface area contributed by atoms with Crippen molar-refractivity contribution in [1.29, 1.82) is 0 Å². The van der Waals surface area contributed by atoms with E-state index in [0.29, 0.717) is 6.17 Å². The maximum atomic E-state index is 2.43. The number of nitrogens with zero attached hydrogens (tertiary/aromatic N) is 2. The summed E-state index contributed by atoms with van der Waals surface area (Å²) in [6.07, 6.45) is 3.99. The molecule has 1 aliphatic heterocycles. The van der Waals surface area contributed by atoms with Gasteiger partial charge in [0.15, 0.2) is 0 Å². The van der Waals surface area contributed by atoms with Crippen LogP contribution >= 0.6 is 0 Å². The van der Waals surface area contributed by atoms with Gasteiger partial charge in [-0.15, -0.1) is 0 Å². The first-order valence-electron chi connectivity index (χ1n) is 4.33. The molecule has 1 unspecified atom stereocenters. The summed E-state index contributed by atoms with van der Waals surface area (Å²) in [7, 11) is 2.13. The van der Waals surface area contributed by atoms with Gasteiger partial charge in [0, 0.05) is 25.5 Å². The van der Waals surface area contributed by atoms with E-state index in [9.17, 15) is 0 Å². The van der Waals surface area contributed by atoms with Crippen LogP contribution in [0.4, 0.5) is 0 Å². The van der Waals surface area contributed by atoms with Gasteiger partial charge in [-0.1, -0.05) is 6.92 Å². The van der Waals surface area contributed by atoms with E-state index in [-0.39, 0.29) is 0 Å². The van der Waals surface area contributed by atoms with Gasteiger partial charge in [-0.25, -0.2) is 0 Å². The topological polar surface area (TPSA) is 6.48 Å². The highest BCUT2D eigenvalue weighted by Crippen LogP contribution is 2.19. The smallest absolute Gasteiger partial charge is 0.0977 e. The van der Waals surface area contributed by atoms with Crippen molar-refractivity contribution in [2.75, 3.05) is 13.6 Å². The van der Waals surface area contributed by atoms with Crippen LogP contribution < -0.4 is 0 Å². The molecule has 0 saturated heterocycles. The number of hydrogen-bond acceptors (Lipinski definition) is 2. The van der Waals surface area contributed by atoms with Gasteiger partial charge in [-0.05, 0) is 20.3 Å². The third-order valence-electron chi connectivity index (χ3n) is 2.35. The zero-order valence-corrected chi connectivity index (χ0v) is 7.96. The van der Waals surface area contributed by atoms with Crippen molar-refractivity contribution in [2.45, 2.75) is 33.4 Å². The van der Waals surface area contributed by atoms with Crippen LogP contribution in [-0.4, -0.2) is 29.6 Å². The van der Waals surface area contributed by atoms with Gasteiger partial charge >= 0.3 is 0 Å². The number of rotatable bonds is 2. The fourth-order valence-electron chi connectivity index (χ4n) is 1.60. The second-order valence-electron chi connectivity index (χ2n) is 3.26. The second kappa shape index (κ2) is 3.16. The third kappa shape index (κ3) is 1.50. The van der Waals surface area contributed by atoms with Gasteiger partial charge in [0.1, 0.15) is 0 Å². The van der Waals surface area contributed by atoms with E-state index >= 15 is 0 Å². The minimum absolute atomic E-state index is 0.551. The lowest BCUT2D eigenvalue weighted by atomic mass is 10.3. The van der Waals surface area contributed by atoms with Gasteiger partial charge < -0.3 is 9.80 Å². The van der Waals surface area contributed by atoms with E-state index in [1.54, 1.807) is 0 Å². The van der Waals surface area contributed by atoms with Gasteiger partial charge in [-0.2, -0.15) is 0 Å². The summed E-state index contributed by atoms with van der Waals surface area (Å²) in [4.78, 5) is 4.69. The standard InChI is InChI=1S/C9H18N2/c1-5-6-11-8(2)7-10(4)9(11)3/h7,9H,5-6H2,1-4H3. The van der Waals surface area contributed by atoms with Gasteiger partial charge in [0.05, 0.1) is 6.17 Å². The van der Waals surface area contributed by atoms with Gasteiger partial charge in [-0.3, -0.25) is 0 Å². The molecule has 1 aliphatic rings. The lowest BCUT2D eigenvalue weighted by molar-refractivity contribution is 0.185. The molecular weight excluding hydrogens is 136 g/mol. The van der Waals surface area contributed by atoms with Crippen LogP contribution in [0.15, 0.2) is 11.9 Å². The van der Waals surface area contributed by atoms with E-state index in [0.717, 1.165) is 0 Å². The molecule has 0 fully saturated rings. The van der Waals surface area contributed by atoms with Crippen LogP contribution in [-0.2, 0) is 0 Å². The van der Waals surface area contributed by atoms with E-state index in [4.69, 9.17) is 0 Å². The minimum atomic E-state index is 0.551. The lowest BCUT2D eigenvalue weighted by Crippen LogP contribution is -2.35. The number of allylic oxidation sites excluding steroid dienone is 1. The molecule has 11 heavy (non-hydrogen) atoms. The van der Waals surface area contributed by atoms with Crippen molar-refractivity contribution in [3.05, 3.63) is 11.9 Å². The predicted molar refractivity (Wildman–Crippen MR) is 48.0 cm³/mol. The molecule has 64 valence electrons. The van der Waals surface area contributed by atoms with Crippen molar-refractivity contribution >= 4 is 0 Å². The molecule has 0 saturated carbocycles. The molecule has 0 aliphatic carbocycles. The fourth-order valence-corrected chi connectivity index (χ4v) is 1.60. The molecule has 1 heterocycles. The number of hydrogen-bond donors (Lipinski definition) is 0. The van der Waals surface area contributed by atoms with E-state index < -0.39 is 0 Å². The first kappa shape index (κ1) is 8.44. The maximum Gasteiger partial charge on any atom is 0.0977 e. The maximum absolute atomic E-state index is 2.43. The average Bonchev–Trinajstić information content (AvgIpc) is 2.17. The molecular formula is C9H18N2. The average molecular weight is 154 g/mol. The summed E-state index contributed by atoms with van der Waals surface area (Å²) < 4.78 is 0. The van der Waals surface area contributed by atoms with Crippen molar-refractivity contribution in [3.8, 4) is 0 Å². The van der Waals surface area contributed by atoms with Crippen molar-refractivity contribution in [1.82, 2.24) is 9.80 Å². The summed E-state index contributed by atoms with van der Waals surface area (Å²) in [6, 6.07) is 0. The Hall–Kier alpha value is -0.660. The van der Waals surface area contributed by atoms with Crippen molar-refractivity contribution in [3.63, 3.8) is 0 Å². The Kier molecular flexibility index (Phi) is 2.42. The molecule has 0 aromatic rings. The Morgan fingerprint density at radius 2 is 2.18 bits per heavy atom. The Morgan fingerprint density at radius 3 is 2.55 bits per heavy atom.